The van der Waals surface area contributed by atoms with E-state index in [0.29, 0.717) is 12.1 Å². The fraction of sp³-hybridized carbons (Fsp3) is 0.174. The summed E-state index contributed by atoms with van der Waals surface area (Å²) in [5, 5.41) is 2.83. The summed E-state index contributed by atoms with van der Waals surface area (Å²) < 4.78 is 52.7. The normalized spacial score (nSPS) is 11.5. The van der Waals surface area contributed by atoms with Gasteiger partial charge in [-0.1, -0.05) is 36.4 Å². The smallest absolute Gasteiger partial charge is 0.351 e. The lowest BCUT2D eigenvalue weighted by Crippen LogP contribution is -2.31. The Labute approximate surface area is 182 Å². The molecule has 0 saturated heterocycles. The summed E-state index contributed by atoms with van der Waals surface area (Å²) in [7, 11) is 1.77. The van der Waals surface area contributed by atoms with Gasteiger partial charge in [0.05, 0.1) is 12.1 Å². The van der Waals surface area contributed by atoms with Gasteiger partial charge in [-0.2, -0.15) is 13.2 Å². The number of halogens is 4. The summed E-state index contributed by atoms with van der Waals surface area (Å²) in [5.41, 5.74) is 1.67. The maximum atomic E-state index is 12.9. The molecule has 0 saturated carbocycles. The highest BCUT2D eigenvalue weighted by Gasteiger charge is 2.29. The zero-order chi connectivity index (χ0) is 22.4. The molecule has 0 unspecified atom stereocenters. The van der Waals surface area contributed by atoms with Crippen molar-refractivity contribution in [1.29, 1.82) is 0 Å². The standard InChI is InChI=1S/C23H20F4N2OS/c1-29(31-21-12-10-20(24)11-13-21)15-22(30)28-14-16-2-4-17(5-3-16)18-6-8-19(9-7-18)23(25,26)27/h2-13H,14-15H2,1H3,(H,28,30). The zero-order valence-electron chi connectivity index (χ0n) is 16.6. The van der Waals surface area contributed by atoms with Crippen molar-refractivity contribution in [1.82, 2.24) is 9.62 Å². The number of hydrogen-bond donors (Lipinski definition) is 1. The van der Waals surface area contributed by atoms with Gasteiger partial charge in [0.15, 0.2) is 0 Å². The topological polar surface area (TPSA) is 32.3 Å². The highest BCUT2D eigenvalue weighted by atomic mass is 32.2. The summed E-state index contributed by atoms with van der Waals surface area (Å²) in [4.78, 5) is 13.0. The molecule has 3 aromatic rings. The molecule has 0 bridgehead atoms. The van der Waals surface area contributed by atoms with Gasteiger partial charge >= 0.3 is 6.18 Å². The molecule has 1 N–H and O–H groups in total. The fourth-order valence-corrected chi connectivity index (χ4v) is 3.63. The molecule has 3 aromatic carbocycles. The van der Waals surface area contributed by atoms with Crippen molar-refractivity contribution in [3.05, 3.63) is 89.7 Å². The maximum absolute atomic E-state index is 12.9. The average Bonchev–Trinajstić information content (AvgIpc) is 2.74. The second-order valence-corrected chi connectivity index (χ2v) is 8.16. The van der Waals surface area contributed by atoms with Crippen LogP contribution in [0.4, 0.5) is 17.6 Å². The van der Waals surface area contributed by atoms with Crippen LogP contribution in [0.3, 0.4) is 0 Å². The molecule has 162 valence electrons. The lowest BCUT2D eigenvalue weighted by Gasteiger charge is -2.15. The van der Waals surface area contributed by atoms with Gasteiger partial charge in [-0.05, 0) is 72.1 Å². The monoisotopic (exact) mass is 448 g/mol. The van der Waals surface area contributed by atoms with Crippen LogP contribution in [0.25, 0.3) is 11.1 Å². The molecule has 0 atom stereocenters. The van der Waals surface area contributed by atoms with Crippen molar-refractivity contribution in [2.75, 3.05) is 13.6 Å². The molecule has 8 heteroatoms. The summed E-state index contributed by atoms with van der Waals surface area (Å²) in [6.07, 6.45) is -4.35. The van der Waals surface area contributed by atoms with E-state index in [1.807, 2.05) is 12.1 Å². The Kier molecular flexibility index (Phi) is 7.35. The van der Waals surface area contributed by atoms with Crippen molar-refractivity contribution >= 4 is 17.9 Å². The summed E-state index contributed by atoms with van der Waals surface area (Å²) in [6.45, 7) is 0.493. The SMILES string of the molecule is CN(CC(=O)NCc1ccc(-c2ccc(C(F)(F)F)cc2)cc1)Sc1ccc(F)cc1. The predicted octanol–water partition coefficient (Wildman–Crippen LogP) is 5.77. The van der Waals surface area contributed by atoms with Crippen LogP contribution in [0.15, 0.2) is 77.7 Å². The molecule has 0 heterocycles. The molecule has 1 amide bonds. The van der Waals surface area contributed by atoms with Gasteiger partial charge in [-0.3, -0.25) is 4.79 Å². The van der Waals surface area contributed by atoms with Crippen LogP contribution in [0.2, 0.25) is 0 Å². The lowest BCUT2D eigenvalue weighted by atomic mass is 10.0. The van der Waals surface area contributed by atoms with Crippen molar-refractivity contribution in [3.63, 3.8) is 0 Å². The highest BCUT2D eigenvalue weighted by Crippen LogP contribution is 2.31. The number of nitrogens with zero attached hydrogens (tertiary/aromatic N) is 1. The van der Waals surface area contributed by atoms with Crippen LogP contribution >= 0.6 is 11.9 Å². The van der Waals surface area contributed by atoms with E-state index >= 15 is 0 Å². The number of likely N-dealkylation sites (N-methyl/N-ethyl adjacent to an activating group) is 1. The molecule has 31 heavy (non-hydrogen) atoms. The molecule has 0 aliphatic rings. The van der Waals surface area contributed by atoms with E-state index in [0.717, 1.165) is 28.2 Å². The average molecular weight is 448 g/mol. The molecule has 0 spiro atoms. The third kappa shape index (κ3) is 6.83. The summed E-state index contributed by atoms with van der Waals surface area (Å²) in [5.74, 6) is -0.474. The number of benzene rings is 3. The second-order valence-electron chi connectivity index (χ2n) is 6.88. The van der Waals surface area contributed by atoms with Gasteiger partial charge in [0, 0.05) is 11.4 Å². The molecule has 0 aromatic heterocycles. The molecule has 3 rings (SSSR count). The number of amides is 1. The first-order valence-corrected chi connectivity index (χ1v) is 10.2. The number of carbonyl (C=O) groups is 1. The molecular formula is C23H20F4N2OS. The van der Waals surface area contributed by atoms with Gasteiger partial charge in [0.1, 0.15) is 5.82 Å². The Hall–Kier alpha value is -2.84. The van der Waals surface area contributed by atoms with Crippen molar-refractivity contribution in [2.24, 2.45) is 0 Å². The Bertz CT molecular complexity index is 1000. The first kappa shape index (κ1) is 22.8. The Morgan fingerprint density at radius 2 is 1.45 bits per heavy atom. The predicted molar refractivity (Wildman–Crippen MR) is 114 cm³/mol. The zero-order valence-corrected chi connectivity index (χ0v) is 17.4. The third-order valence-corrected chi connectivity index (χ3v) is 5.35. The van der Waals surface area contributed by atoms with Crippen LogP contribution in [-0.4, -0.2) is 23.8 Å². The quantitative estimate of drug-likeness (QED) is 0.368. The minimum absolute atomic E-state index is 0.158. The van der Waals surface area contributed by atoms with Crippen LogP contribution in [0, 0.1) is 5.82 Å². The second kappa shape index (κ2) is 9.98. The third-order valence-electron chi connectivity index (χ3n) is 4.43. The van der Waals surface area contributed by atoms with Crippen LogP contribution in [0.1, 0.15) is 11.1 Å². The number of nitrogens with one attached hydrogen (secondary N) is 1. The Balaban J connectivity index is 1.49. The molecular weight excluding hydrogens is 428 g/mol. The van der Waals surface area contributed by atoms with E-state index in [-0.39, 0.29) is 18.3 Å². The van der Waals surface area contributed by atoms with E-state index in [1.165, 1.54) is 36.2 Å². The van der Waals surface area contributed by atoms with Crippen molar-refractivity contribution in [2.45, 2.75) is 17.6 Å². The van der Waals surface area contributed by atoms with E-state index in [1.54, 1.807) is 35.6 Å². The van der Waals surface area contributed by atoms with E-state index in [2.05, 4.69) is 5.32 Å². The van der Waals surface area contributed by atoms with Gasteiger partial charge in [0.25, 0.3) is 0 Å². The fourth-order valence-electron chi connectivity index (χ4n) is 2.83. The largest absolute Gasteiger partial charge is 0.416 e. The molecule has 0 aliphatic carbocycles. The van der Waals surface area contributed by atoms with Gasteiger partial charge in [-0.25, -0.2) is 8.70 Å². The van der Waals surface area contributed by atoms with Crippen LogP contribution < -0.4 is 5.32 Å². The van der Waals surface area contributed by atoms with Gasteiger partial charge in [-0.15, -0.1) is 0 Å². The molecule has 0 aliphatic heterocycles. The molecule has 0 radical (unpaired) electrons. The van der Waals surface area contributed by atoms with Crippen LogP contribution in [-0.2, 0) is 17.5 Å². The summed E-state index contributed by atoms with van der Waals surface area (Å²) in [6, 6.07) is 18.3. The summed E-state index contributed by atoms with van der Waals surface area (Å²) >= 11 is 1.34. The number of hydrogen-bond acceptors (Lipinski definition) is 3. The van der Waals surface area contributed by atoms with Gasteiger partial charge in [0.2, 0.25) is 5.91 Å². The van der Waals surface area contributed by atoms with Crippen molar-refractivity contribution in [3.8, 4) is 11.1 Å². The minimum atomic E-state index is -4.35. The maximum Gasteiger partial charge on any atom is 0.416 e. The Morgan fingerprint density at radius 3 is 2.00 bits per heavy atom. The van der Waals surface area contributed by atoms with Gasteiger partial charge < -0.3 is 5.32 Å². The van der Waals surface area contributed by atoms with E-state index in [9.17, 15) is 22.4 Å². The first-order chi connectivity index (χ1) is 14.7. The number of rotatable bonds is 7. The Morgan fingerprint density at radius 1 is 0.903 bits per heavy atom. The number of alkyl halides is 3. The van der Waals surface area contributed by atoms with E-state index < -0.39 is 11.7 Å². The minimum Gasteiger partial charge on any atom is -0.351 e. The van der Waals surface area contributed by atoms with E-state index in [4.69, 9.17) is 0 Å². The number of carbonyl (C=O) groups excluding carboxylic acids is 1. The molecule has 3 nitrogen and oxygen atoms in total. The van der Waals surface area contributed by atoms with Crippen molar-refractivity contribution < 1.29 is 22.4 Å². The highest BCUT2D eigenvalue weighted by molar-refractivity contribution is 7.97. The first-order valence-electron chi connectivity index (χ1n) is 9.38. The lowest BCUT2D eigenvalue weighted by molar-refractivity contribution is -0.137. The molecule has 0 fully saturated rings. The van der Waals surface area contributed by atoms with Crippen LogP contribution in [0.5, 0.6) is 0 Å².